The molecule has 0 saturated carbocycles. The van der Waals surface area contributed by atoms with E-state index in [4.69, 9.17) is 4.74 Å². The average molecular weight is 355 g/mol. The number of hydrogen-bond donors (Lipinski definition) is 1. The second kappa shape index (κ2) is 6.53. The first-order valence-corrected chi connectivity index (χ1v) is 6.83. The quantitative estimate of drug-likeness (QED) is 0.647. The second-order valence-electron chi connectivity index (χ2n) is 4.22. The van der Waals surface area contributed by atoms with Crippen LogP contribution in [0.1, 0.15) is 5.56 Å². The Hall–Kier alpha value is -2.15. The third kappa shape index (κ3) is 3.69. The minimum Gasteiger partial charge on any atom is -0.486 e. The third-order valence-corrected chi connectivity index (χ3v) is 3.31. The zero-order valence-electron chi connectivity index (χ0n) is 11.1. The molecule has 0 saturated heterocycles. The van der Waals surface area contributed by atoms with Gasteiger partial charge in [0.1, 0.15) is 12.3 Å². The highest BCUT2D eigenvalue weighted by atomic mass is 79.9. The van der Waals surface area contributed by atoms with Crippen molar-refractivity contribution in [3.8, 4) is 5.75 Å². The molecule has 2 rings (SSSR count). The molecular formula is C14H12BrFN2O3. The number of benzene rings is 2. The molecule has 110 valence electrons. The molecule has 0 spiro atoms. The van der Waals surface area contributed by atoms with Crippen molar-refractivity contribution < 1.29 is 14.1 Å². The van der Waals surface area contributed by atoms with Gasteiger partial charge in [0, 0.05) is 17.6 Å². The lowest BCUT2D eigenvalue weighted by Gasteiger charge is -2.09. The maximum Gasteiger partial charge on any atom is 0.292 e. The summed E-state index contributed by atoms with van der Waals surface area (Å²) < 4.78 is 19.6. The molecule has 0 aliphatic heterocycles. The third-order valence-electron chi connectivity index (χ3n) is 2.81. The van der Waals surface area contributed by atoms with Gasteiger partial charge in [0.15, 0.2) is 11.6 Å². The van der Waals surface area contributed by atoms with Gasteiger partial charge in [-0.05, 0) is 35.9 Å². The Kier molecular flexibility index (Phi) is 4.74. The van der Waals surface area contributed by atoms with Gasteiger partial charge in [-0.15, -0.1) is 0 Å². The maximum absolute atomic E-state index is 13.5. The van der Waals surface area contributed by atoms with Crippen LogP contribution in [0.3, 0.4) is 0 Å². The van der Waals surface area contributed by atoms with Crippen LogP contribution in [0.15, 0.2) is 40.9 Å². The van der Waals surface area contributed by atoms with Crippen LogP contribution >= 0.6 is 15.9 Å². The van der Waals surface area contributed by atoms with Crippen molar-refractivity contribution in [2.24, 2.45) is 0 Å². The van der Waals surface area contributed by atoms with E-state index in [-0.39, 0.29) is 18.0 Å². The molecule has 0 atom stereocenters. The molecule has 0 amide bonds. The van der Waals surface area contributed by atoms with Gasteiger partial charge >= 0.3 is 0 Å². The standard InChI is InChI=1S/C14H12BrFN2O3/c1-17-12-6-9(2-5-13(12)18(19)20)8-21-14-7-10(15)3-4-11(14)16/h2-7,17H,8H2,1H3. The SMILES string of the molecule is CNc1cc(COc2cc(Br)ccc2F)ccc1[N+](=O)[O-]. The highest BCUT2D eigenvalue weighted by Gasteiger charge is 2.13. The molecule has 2 aromatic rings. The lowest BCUT2D eigenvalue weighted by molar-refractivity contribution is -0.384. The number of nitro groups is 1. The smallest absolute Gasteiger partial charge is 0.292 e. The van der Waals surface area contributed by atoms with Crippen LogP contribution in [0.4, 0.5) is 15.8 Å². The molecular weight excluding hydrogens is 343 g/mol. The Balaban J connectivity index is 2.17. The van der Waals surface area contributed by atoms with E-state index in [9.17, 15) is 14.5 Å². The highest BCUT2D eigenvalue weighted by molar-refractivity contribution is 9.10. The minimum atomic E-state index is -0.468. The van der Waals surface area contributed by atoms with E-state index in [0.29, 0.717) is 15.7 Å². The van der Waals surface area contributed by atoms with Gasteiger partial charge < -0.3 is 10.1 Å². The van der Waals surface area contributed by atoms with E-state index in [0.717, 1.165) is 0 Å². The van der Waals surface area contributed by atoms with Crippen molar-refractivity contribution >= 4 is 27.3 Å². The second-order valence-corrected chi connectivity index (χ2v) is 5.14. The van der Waals surface area contributed by atoms with Gasteiger partial charge in [0.25, 0.3) is 5.69 Å². The maximum atomic E-state index is 13.5. The largest absolute Gasteiger partial charge is 0.486 e. The molecule has 0 radical (unpaired) electrons. The summed E-state index contributed by atoms with van der Waals surface area (Å²) in [5, 5.41) is 13.6. The first kappa shape index (κ1) is 15.2. The molecule has 2 aromatic carbocycles. The number of rotatable bonds is 5. The van der Waals surface area contributed by atoms with Gasteiger partial charge in [-0.25, -0.2) is 4.39 Å². The summed E-state index contributed by atoms with van der Waals surface area (Å²) in [5.41, 5.74) is 1.06. The normalized spacial score (nSPS) is 10.2. The molecule has 0 aromatic heterocycles. The molecule has 0 bridgehead atoms. The number of hydrogen-bond acceptors (Lipinski definition) is 4. The fourth-order valence-electron chi connectivity index (χ4n) is 1.78. The lowest BCUT2D eigenvalue weighted by atomic mass is 10.2. The van der Waals surface area contributed by atoms with Crippen molar-refractivity contribution in [3.63, 3.8) is 0 Å². The number of nitrogens with one attached hydrogen (secondary N) is 1. The van der Waals surface area contributed by atoms with Crippen molar-refractivity contribution in [3.05, 3.63) is 62.4 Å². The van der Waals surface area contributed by atoms with Crippen molar-refractivity contribution in [1.82, 2.24) is 0 Å². The van der Waals surface area contributed by atoms with Crippen molar-refractivity contribution in [2.45, 2.75) is 6.61 Å². The van der Waals surface area contributed by atoms with Crippen LogP contribution in [0.25, 0.3) is 0 Å². The van der Waals surface area contributed by atoms with Crippen LogP contribution in [0, 0.1) is 15.9 Å². The van der Waals surface area contributed by atoms with Crippen LogP contribution in [0.2, 0.25) is 0 Å². The van der Waals surface area contributed by atoms with Gasteiger partial charge in [0.2, 0.25) is 0 Å². The predicted octanol–water partition coefficient (Wildman–Crippen LogP) is 4.12. The van der Waals surface area contributed by atoms with E-state index in [2.05, 4.69) is 21.2 Å². The van der Waals surface area contributed by atoms with E-state index in [1.165, 1.54) is 18.2 Å². The highest BCUT2D eigenvalue weighted by Crippen LogP contribution is 2.27. The summed E-state index contributed by atoms with van der Waals surface area (Å²) in [5.74, 6) is -0.345. The Morgan fingerprint density at radius 3 is 2.76 bits per heavy atom. The monoisotopic (exact) mass is 354 g/mol. The Morgan fingerprint density at radius 2 is 2.10 bits per heavy atom. The molecule has 0 fully saturated rings. The van der Waals surface area contributed by atoms with Crippen molar-refractivity contribution in [2.75, 3.05) is 12.4 Å². The first-order chi connectivity index (χ1) is 10.0. The van der Waals surface area contributed by atoms with Gasteiger partial charge in [0.05, 0.1) is 4.92 Å². The Morgan fingerprint density at radius 1 is 1.33 bits per heavy atom. The Labute approximate surface area is 129 Å². The van der Waals surface area contributed by atoms with Crippen LogP contribution in [0.5, 0.6) is 5.75 Å². The van der Waals surface area contributed by atoms with Gasteiger partial charge in [-0.1, -0.05) is 15.9 Å². The number of halogens is 2. The molecule has 0 unspecified atom stereocenters. The summed E-state index contributed by atoms with van der Waals surface area (Å²) in [6.45, 7) is 0.111. The predicted molar refractivity (Wildman–Crippen MR) is 81.1 cm³/mol. The van der Waals surface area contributed by atoms with Gasteiger partial charge in [-0.3, -0.25) is 10.1 Å². The molecule has 0 heterocycles. The lowest BCUT2D eigenvalue weighted by Crippen LogP contribution is -2.01. The van der Waals surface area contributed by atoms with Crippen LogP contribution < -0.4 is 10.1 Å². The van der Waals surface area contributed by atoms with E-state index < -0.39 is 10.7 Å². The zero-order valence-corrected chi connectivity index (χ0v) is 12.7. The molecule has 0 aliphatic carbocycles. The van der Waals surface area contributed by atoms with Crippen LogP contribution in [-0.2, 0) is 6.61 Å². The summed E-state index contributed by atoms with van der Waals surface area (Å²) in [7, 11) is 1.60. The molecule has 5 nitrogen and oxygen atoms in total. The fraction of sp³-hybridized carbons (Fsp3) is 0.143. The van der Waals surface area contributed by atoms with E-state index in [1.807, 2.05) is 0 Å². The number of nitrogens with zero attached hydrogens (tertiary/aromatic N) is 1. The summed E-state index contributed by atoms with van der Waals surface area (Å²) >= 11 is 3.24. The minimum absolute atomic E-state index is 0.0186. The molecule has 21 heavy (non-hydrogen) atoms. The topological polar surface area (TPSA) is 64.4 Å². The number of anilines is 1. The van der Waals surface area contributed by atoms with Crippen molar-refractivity contribution in [1.29, 1.82) is 0 Å². The molecule has 0 aliphatic rings. The first-order valence-electron chi connectivity index (χ1n) is 6.04. The summed E-state index contributed by atoms with van der Waals surface area (Å²) in [4.78, 5) is 10.4. The van der Waals surface area contributed by atoms with E-state index >= 15 is 0 Å². The van der Waals surface area contributed by atoms with E-state index in [1.54, 1.807) is 25.2 Å². The summed E-state index contributed by atoms with van der Waals surface area (Å²) in [6.07, 6.45) is 0. The Bertz CT molecular complexity index is 679. The molecule has 7 heteroatoms. The van der Waals surface area contributed by atoms with Gasteiger partial charge in [-0.2, -0.15) is 0 Å². The molecule has 1 N–H and O–H groups in total. The summed E-state index contributed by atoms with van der Waals surface area (Å²) in [6, 6.07) is 8.98. The fourth-order valence-corrected chi connectivity index (χ4v) is 2.12. The number of nitro benzene ring substituents is 1. The average Bonchev–Trinajstić information content (AvgIpc) is 2.47. The van der Waals surface area contributed by atoms with Crippen LogP contribution in [-0.4, -0.2) is 12.0 Å². The zero-order chi connectivity index (χ0) is 15.4. The number of ether oxygens (including phenoxy) is 1.